The number of hydrogen-bond donors (Lipinski definition) is 3. The molecule has 1 atom stereocenters. The molecule has 3 N–H and O–H groups in total. The number of alkyl carbamates (subject to hydrolysis) is 1. The number of carbonyl (C=O) groups excluding carboxylic acids is 2. The topological polar surface area (TPSA) is 114 Å². The molecule has 1 saturated carbocycles. The fourth-order valence-electron chi connectivity index (χ4n) is 5.14. The largest absolute Gasteiger partial charge is 0.480 e. The van der Waals surface area contributed by atoms with E-state index >= 15 is 0 Å². The SMILES string of the molecule is COCC(NC(=O)CC1(NC(=O)OCC2c3ccccc3-c3ccccc32)CCCC1)C(=O)O. The molecular formula is C26H30N2O6. The Balaban J connectivity index is 1.39. The van der Waals surface area contributed by atoms with Gasteiger partial charge in [-0.05, 0) is 35.1 Å². The minimum absolute atomic E-state index is 0.00924. The Kier molecular flexibility index (Phi) is 7.17. The fourth-order valence-corrected chi connectivity index (χ4v) is 5.14. The molecule has 2 amide bonds. The Labute approximate surface area is 198 Å². The van der Waals surface area contributed by atoms with Gasteiger partial charge in [-0.2, -0.15) is 0 Å². The van der Waals surface area contributed by atoms with Gasteiger partial charge in [0.1, 0.15) is 6.61 Å². The molecule has 2 aromatic carbocycles. The van der Waals surface area contributed by atoms with Crippen LogP contribution in [0.1, 0.15) is 49.1 Å². The summed E-state index contributed by atoms with van der Waals surface area (Å²) in [6.07, 6.45) is 2.43. The number of carboxylic acids is 1. The Morgan fingerprint density at radius 1 is 1.03 bits per heavy atom. The maximum Gasteiger partial charge on any atom is 0.407 e. The van der Waals surface area contributed by atoms with E-state index in [0.29, 0.717) is 12.8 Å². The van der Waals surface area contributed by atoms with Gasteiger partial charge in [-0.3, -0.25) is 4.79 Å². The van der Waals surface area contributed by atoms with E-state index in [1.807, 2.05) is 24.3 Å². The van der Waals surface area contributed by atoms with Crippen molar-refractivity contribution in [3.05, 3.63) is 59.7 Å². The van der Waals surface area contributed by atoms with Crippen LogP contribution in [-0.4, -0.2) is 55.0 Å². The van der Waals surface area contributed by atoms with Crippen molar-refractivity contribution < 1.29 is 29.0 Å². The number of rotatable bonds is 9. The van der Waals surface area contributed by atoms with Crippen LogP contribution in [0.15, 0.2) is 48.5 Å². The average Bonchev–Trinajstić information content (AvgIpc) is 3.39. The fraction of sp³-hybridized carbons (Fsp3) is 0.423. The van der Waals surface area contributed by atoms with Gasteiger partial charge in [0.15, 0.2) is 6.04 Å². The van der Waals surface area contributed by atoms with Crippen LogP contribution in [0.2, 0.25) is 0 Å². The number of amides is 2. The summed E-state index contributed by atoms with van der Waals surface area (Å²) in [5.74, 6) is -1.66. The summed E-state index contributed by atoms with van der Waals surface area (Å²) in [6.45, 7) is 0.0605. The number of methoxy groups -OCH3 is 1. The van der Waals surface area contributed by atoms with Crippen molar-refractivity contribution in [1.29, 1.82) is 0 Å². The molecule has 0 aromatic heterocycles. The predicted octanol–water partition coefficient (Wildman–Crippen LogP) is 3.44. The highest BCUT2D eigenvalue weighted by molar-refractivity contribution is 5.85. The Bertz CT molecular complexity index is 1020. The van der Waals surface area contributed by atoms with Gasteiger partial charge < -0.3 is 25.2 Å². The highest BCUT2D eigenvalue weighted by Crippen LogP contribution is 2.44. The van der Waals surface area contributed by atoms with E-state index < -0.39 is 29.6 Å². The molecule has 180 valence electrons. The zero-order valence-electron chi connectivity index (χ0n) is 19.2. The maximum atomic E-state index is 12.8. The Morgan fingerprint density at radius 3 is 2.18 bits per heavy atom. The van der Waals surface area contributed by atoms with Crippen molar-refractivity contribution >= 4 is 18.0 Å². The first-order valence-electron chi connectivity index (χ1n) is 11.6. The molecule has 0 radical (unpaired) electrons. The van der Waals surface area contributed by atoms with Gasteiger partial charge in [-0.15, -0.1) is 0 Å². The number of carboxylic acid groups (broad SMARTS) is 1. The lowest BCUT2D eigenvalue weighted by atomic mass is 9.92. The molecule has 0 saturated heterocycles. The second kappa shape index (κ2) is 10.3. The standard InChI is InChI=1S/C26H30N2O6/c1-33-16-22(24(30)31)27-23(29)14-26(12-6-7-13-26)28-25(32)34-15-21-19-10-4-2-8-17(19)18-9-3-5-11-20(18)21/h2-5,8-11,21-22H,6-7,12-16H2,1H3,(H,27,29)(H,28,32)(H,30,31). The van der Waals surface area contributed by atoms with Gasteiger partial charge in [-0.1, -0.05) is 61.4 Å². The van der Waals surface area contributed by atoms with Crippen LogP contribution < -0.4 is 10.6 Å². The zero-order chi connectivity index (χ0) is 24.1. The lowest BCUT2D eigenvalue weighted by Crippen LogP contribution is -2.52. The van der Waals surface area contributed by atoms with Gasteiger partial charge in [0.05, 0.1) is 12.1 Å². The molecule has 34 heavy (non-hydrogen) atoms. The molecule has 0 aliphatic heterocycles. The van der Waals surface area contributed by atoms with E-state index in [-0.39, 0.29) is 25.6 Å². The number of nitrogens with one attached hydrogen (secondary N) is 2. The average molecular weight is 467 g/mol. The molecular weight excluding hydrogens is 436 g/mol. The van der Waals surface area contributed by atoms with Crippen molar-refractivity contribution in [3.8, 4) is 11.1 Å². The second-order valence-electron chi connectivity index (χ2n) is 9.03. The quantitative estimate of drug-likeness (QED) is 0.522. The molecule has 8 nitrogen and oxygen atoms in total. The minimum atomic E-state index is -1.17. The van der Waals surface area contributed by atoms with Crippen molar-refractivity contribution in [1.82, 2.24) is 10.6 Å². The van der Waals surface area contributed by atoms with Crippen LogP contribution in [-0.2, 0) is 19.1 Å². The van der Waals surface area contributed by atoms with Crippen molar-refractivity contribution in [2.45, 2.75) is 49.6 Å². The molecule has 1 unspecified atom stereocenters. The first kappa shape index (κ1) is 23.8. The van der Waals surface area contributed by atoms with Crippen molar-refractivity contribution in [3.63, 3.8) is 0 Å². The van der Waals surface area contributed by atoms with Gasteiger partial charge >= 0.3 is 12.1 Å². The van der Waals surface area contributed by atoms with Crippen LogP contribution in [0.5, 0.6) is 0 Å². The molecule has 2 aliphatic carbocycles. The molecule has 8 heteroatoms. The van der Waals surface area contributed by atoms with Gasteiger partial charge in [0.25, 0.3) is 0 Å². The molecule has 4 rings (SSSR count). The first-order valence-corrected chi connectivity index (χ1v) is 11.6. The Morgan fingerprint density at radius 2 is 1.62 bits per heavy atom. The third kappa shape index (κ3) is 5.07. The normalized spacial score (nSPS) is 16.9. The summed E-state index contributed by atoms with van der Waals surface area (Å²) in [6, 6.07) is 15.1. The summed E-state index contributed by atoms with van der Waals surface area (Å²) in [5.41, 5.74) is 3.82. The van der Waals surface area contributed by atoms with E-state index in [1.165, 1.54) is 7.11 Å². The monoisotopic (exact) mass is 466 g/mol. The number of aliphatic carboxylic acids is 1. The maximum absolute atomic E-state index is 12.8. The summed E-state index contributed by atoms with van der Waals surface area (Å²) in [5, 5.41) is 14.7. The van der Waals surface area contributed by atoms with Crippen LogP contribution in [0, 0.1) is 0 Å². The summed E-state index contributed by atoms with van der Waals surface area (Å²) >= 11 is 0. The molecule has 2 aliphatic rings. The van der Waals surface area contributed by atoms with Crippen LogP contribution in [0.4, 0.5) is 4.79 Å². The van der Waals surface area contributed by atoms with E-state index in [4.69, 9.17) is 9.47 Å². The van der Waals surface area contributed by atoms with Gasteiger partial charge in [0.2, 0.25) is 5.91 Å². The predicted molar refractivity (Wildman–Crippen MR) is 125 cm³/mol. The van der Waals surface area contributed by atoms with Crippen LogP contribution in [0.3, 0.4) is 0 Å². The third-order valence-electron chi connectivity index (χ3n) is 6.74. The molecule has 0 spiro atoms. The van der Waals surface area contributed by atoms with Crippen LogP contribution in [0.25, 0.3) is 11.1 Å². The number of hydrogen-bond acceptors (Lipinski definition) is 5. The summed E-state index contributed by atoms with van der Waals surface area (Å²) in [7, 11) is 1.37. The van der Waals surface area contributed by atoms with Crippen LogP contribution >= 0.6 is 0 Å². The summed E-state index contributed by atoms with van der Waals surface area (Å²) < 4.78 is 10.5. The van der Waals surface area contributed by atoms with Crippen molar-refractivity contribution in [2.24, 2.45) is 0 Å². The zero-order valence-corrected chi connectivity index (χ0v) is 19.2. The third-order valence-corrected chi connectivity index (χ3v) is 6.74. The highest BCUT2D eigenvalue weighted by atomic mass is 16.5. The lowest BCUT2D eigenvalue weighted by Gasteiger charge is -2.30. The molecule has 0 bridgehead atoms. The van der Waals surface area contributed by atoms with E-state index in [0.717, 1.165) is 35.1 Å². The summed E-state index contributed by atoms with van der Waals surface area (Å²) in [4.78, 5) is 36.7. The molecule has 2 aromatic rings. The van der Waals surface area contributed by atoms with Crippen molar-refractivity contribution in [2.75, 3.05) is 20.3 Å². The second-order valence-corrected chi connectivity index (χ2v) is 9.03. The molecule has 0 heterocycles. The Hall–Kier alpha value is -3.39. The highest BCUT2D eigenvalue weighted by Gasteiger charge is 2.39. The van der Waals surface area contributed by atoms with Gasteiger partial charge in [0, 0.05) is 19.4 Å². The van der Waals surface area contributed by atoms with E-state index in [2.05, 4.69) is 34.9 Å². The van der Waals surface area contributed by atoms with Gasteiger partial charge in [-0.25, -0.2) is 9.59 Å². The first-order chi connectivity index (χ1) is 16.4. The number of ether oxygens (including phenoxy) is 2. The lowest BCUT2D eigenvalue weighted by molar-refractivity contribution is -0.143. The van der Waals surface area contributed by atoms with E-state index in [1.54, 1.807) is 0 Å². The minimum Gasteiger partial charge on any atom is -0.480 e. The number of benzene rings is 2. The molecule has 1 fully saturated rings. The van der Waals surface area contributed by atoms with E-state index in [9.17, 15) is 19.5 Å². The number of carbonyl (C=O) groups is 3. The number of fused-ring (bicyclic) bond motifs is 3. The smallest absolute Gasteiger partial charge is 0.407 e.